The molecule has 5 rings (SSSR count). The van der Waals surface area contributed by atoms with Crippen molar-refractivity contribution in [1.82, 2.24) is 15.8 Å². The highest BCUT2D eigenvalue weighted by atomic mass is 127. The van der Waals surface area contributed by atoms with Crippen LogP contribution in [0.1, 0.15) is 45.2 Å². The van der Waals surface area contributed by atoms with Gasteiger partial charge in [0.15, 0.2) is 0 Å². The summed E-state index contributed by atoms with van der Waals surface area (Å²) in [7, 11) is 0. The average molecular weight is 663 g/mol. The van der Waals surface area contributed by atoms with Gasteiger partial charge in [0.25, 0.3) is 0 Å². The lowest BCUT2D eigenvalue weighted by Gasteiger charge is -2.29. The maximum atomic E-state index is 13.0. The number of hydrogen-bond acceptors (Lipinski definition) is 10. The van der Waals surface area contributed by atoms with Crippen molar-refractivity contribution in [2.24, 2.45) is 4.99 Å². The summed E-state index contributed by atoms with van der Waals surface area (Å²) >= 11 is 4.05. The normalized spacial score (nSPS) is 24.2. The standard InChI is InChI=1S/C28H31IN4O5S/c1-4-39-26-23-24(29)32-33(25(23)30-15-31-26)22-13-20(38-28(35)19-11-7-17(3)8-12-19)21(37-22)14-36-27(34)18-9-5-16(2)6-10-18/h5-12,20-22,24,30,32H,4,13-15H2,1-3H3. The van der Waals surface area contributed by atoms with Gasteiger partial charge in [-0.15, -0.1) is 11.8 Å². The van der Waals surface area contributed by atoms with Crippen molar-refractivity contribution < 1.29 is 23.8 Å². The quantitative estimate of drug-likeness (QED) is 0.195. The van der Waals surface area contributed by atoms with Crippen molar-refractivity contribution >= 4 is 51.3 Å². The molecule has 4 atom stereocenters. The van der Waals surface area contributed by atoms with E-state index in [4.69, 9.17) is 14.2 Å². The number of alkyl halides is 1. The van der Waals surface area contributed by atoms with Crippen LogP contribution in [-0.4, -0.2) is 63.5 Å². The van der Waals surface area contributed by atoms with Crippen molar-refractivity contribution in [3.05, 3.63) is 82.2 Å². The number of aliphatic imine (C=N–C) groups is 1. The number of esters is 2. The summed E-state index contributed by atoms with van der Waals surface area (Å²) in [6, 6.07) is 14.4. The molecule has 0 bridgehead atoms. The number of carbonyl (C=O) groups is 2. The second-order valence-corrected chi connectivity index (χ2v) is 12.0. The predicted molar refractivity (Wildman–Crippen MR) is 159 cm³/mol. The van der Waals surface area contributed by atoms with Crippen molar-refractivity contribution in [3.8, 4) is 0 Å². The molecule has 3 aliphatic rings. The van der Waals surface area contributed by atoms with E-state index in [-0.39, 0.29) is 10.7 Å². The summed E-state index contributed by atoms with van der Waals surface area (Å²) in [4.78, 5) is 30.4. The zero-order valence-corrected chi connectivity index (χ0v) is 25.0. The van der Waals surface area contributed by atoms with E-state index in [1.54, 1.807) is 36.0 Å². The lowest BCUT2D eigenvalue weighted by Crippen LogP contribution is -2.46. The number of nitrogens with zero attached hydrogens (tertiary/aromatic N) is 2. The zero-order valence-electron chi connectivity index (χ0n) is 22.0. The van der Waals surface area contributed by atoms with E-state index in [0.29, 0.717) is 24.2 Å². The number of aryl methyl sites for hydroxylation is 2. The van der Waals surface area contributed by atoms with Gasteiger partial charge < -0.3 is 19.5 Å². The number of hydrogen-bond donors (Lipinski definition) is 2. The predicted octanol–water partition coefficient (Wildman–Crippen LogP) is 4.31. The van der Waals surface area contributed by atoms with Crippen molar-refractivity contribution in [3.63, 3.8) is 0 Å². The van der Waals surface area contributed by atoms with Crippen LogP contribution in [0.25, 0.3) is 0 Å². The van der Waals surface area contributed by atoms with E-state index in [9.17, 15) is 9.59 Å². The minimum absolute atomic E-state index is 0.00114. The van der Waals surface area contributed by atoms with Crippen LogP contribution >= 0.6 is 34.4 Å². The molecule has 3 aliphatic heterocycles. The molecule has 39 heavy (non-hydrogen) atoms. The van der Waals surface area contributed by atoms with Crippen LogP contribution in [0.4, 0.5) is 0 Å². The molecule has 0 aromatic heterocycles. The third-order valence-electron chi connectivity index (χ3n) is 6.66. The number of thioether (sulfide) groups is 1. The van der Waals surface area contributed by atoms with Crippen molar-refractivity contribution in [1.29, 1.82) is 0 Å². The first kappa shape index (κ1) is 27.9. The average Bonchev–Trinajstić information content (AvgIpc) is 3.49. The zero-order chi connectivity index (χ0) is 27.5. The van der Waals surface area contributed by atoms with Gasteiger partial charge in [-0.3, -0.25) is 10.0 Å². The van der Waals surface area contributed by atoms with Crippen LogP contribution in [0.15, 0.2) is 64.9 Å². The minimum atomic E-state index is -0.639. The van der Waals surface area contributed by atoms with Crippen LogP contribution in [0, 0.1) is 13.8 Å². The smallest absolute Gasteiger partial charge is 0.338 e. The van der Waals surface area contributed by atoms with Crippen LogP contribution < -0.4 is 10.7 Å². The Hall–Kier alpha value is -2.61. The molecule has 11 heteroatoms. The van der Waals surface area contributed by atoms with E-state index in [0.717, 1.165) is 33.3 Å². The summed E-state index contributed by atoms with van der Waals surface area (Å²) in [6.45, 7) is 6.45. The largest absolute Gasteiger partial charge is 0.459 e. The Morgan fingerprint density at radius 3 is 2.36 bits per heavy atom. The summed E-state index contributed by atoms with van der Waals surface area (Å²) in [5.41, 5.74) is 7.58. The molecule has 1 fully saturated rings. The van der Waals surface area contributed by atoms with E-state index in [2.05, 4.69) is 45.2 Å². The fourth-order valence-electron chi connectivity index (χ4n) is 4.61. The Kier molecular flexibility index (Phi) is 8.79. The first-order chi connectivity index (χ1) is 18.8. The Bertz CT molecular complexity index is 1280. The summed E-state index contributed by atoms with van der Waals surface area (Å²) < 4.78 is 18.0. The lowest BCUT2D eigenvalue weighted by atomic mass is 10.1. The van der Waals surface area contributed by atoms with Gasteiger partial charge in [-0.2, -0.15) is 0 Å². The number of nitrogens with one attached hydrogen (secondary N) is 2. The topological polar surface area (TPSA) is 101 Å². The molecule has 4 unspecified atom stereocenters. The minimum Gasteiger partial charge on any atom is -0.459 e. The molecule has 0 radical (unpaired) electrons. The van der Waals surface area contributed by atoms with Gasteiger partial charge in [0.05, 0.1) is 16.7 Å². The molecule has 0 saturated carbocycles. The number of benzene rings is 2. The van der Waals surface area contributed by atoms with Gasteiger partial charge >= 0.3 is 11.9 Å². The van der Waals surface area contributed by atoms with Gasteiger partial charge in [-0.05, 0) is 43.9 Å². The molecule has 0 amide bonds. The molecule has 3 heterocycles. The Morgan fingerprint density at radius 1 is 1.08 bits per heavy atom. The summed E-state index contributed by atoms with van der Waals surface area (Å²) in [5, 5.41) is 6.32. The number of carbonyl (C=O) groups excluding carboxylic acids is 2. The van der Waals surface area contributed by atoms with Crippen LogP contribution in [0.2, 0.25) is 0 Å². The Labute approximate surface area is 245 Å². The number of ether oxygens (including phenoxy) is 3. The highest BCUT2D eigenvalue weighted by Crippen LogP contribution is 2.36. The first-order valence-corrected chi connectivity index (χ1v) is 15.1. The number of rotatable bonds is 7. The number of hydrazine groups is 1. The fourth-order valence-corrected chi connectivity index (χ4v) is 6.51. The van der Waals surface area contributed by atoms with Gasteiger partial charge in [-0.1, -0.05) is 64.9 Å². The molecular formula is C28H31IN4O5S. The summed E-state index contributed by atoms with van der Waals surface area (Å²) in [6.07, 6.45) is -1.31. The van der Waals surface area contributed by atoms with Gasteiger partial charge in [-0.25, -0.2) is 15.0 Å². The molecular weight excluding hydrogens is 631 g/mol. The highest BCUT2D eigenvalue weighted by Gasteiger charge is 2.46. The van der Waals surface area contributed by atoms with E-state index in [1.807, 2.05) is 43.1 Å². The molecule has 2 N–H and O–H groups in total. The third-order valence-corrected chi connectivity index (χ3v) is 8.48. The first-order valence-electron chi connectivity index (χ1n) is 12.9. The lowest BCUT2D eigenvalue weighted by molar-refractivity contribution is -0.0855. The molecule has 2 aromatic rings. The highest BCUT2D eigenvalue weighted by molar-refractivity contribution is 14.1. The van der Waals surface area contributed by atoms with Crippen LogP contribution in [0.3, 0.4) is 0 Å². The van der Waals surface area contributed by atoms with E-state index in [1.165, 1.54) is 0 Å². The summed E-state index contributed by atoms with van der Waals surface area (Å²) in [5.74, 6) is 0.939. The molecule has 2 aromatic carbocycles. The van der Waals surface area contributed by atoms with Gasteiger partial charge in [0.1, 0.15) is 46.6 Å². The Balaban J connectivity index is 1.33. The third kappa shape index (κ3) is 6.26. The molecule has 1 saturated heterocycles. The van der Waals surface area contributed by atoms with Crippen LogP contribution in [-0.2, 0) is 14.2 Å². The molecule has 9 nitrogen and oxygen atoms in total. The van der Waals surface area contributed by atoms with Crippen LogP contribution in [0.5, 0.6) is 0 Å². The Morgan fingerprint density at radius 2 is 1.72 bits per heavy atom. The van der Waals surface area contributed by atoms with Gasteiger partial charge in [0.2, 0.25) is 0 Å². The SMILES string of the molecule is CCSC1=NCNC2=C1C(I)NN2C1CC(OC(=O)c2ccc(C)cc2)C(COC(=O)c2ccc(C)cc2)O1. The number of halogens is 1. The molecule has 0 aliphatic carbocycles. The second-order valence-electron chi connectivity index (χ2n) is 9.49. The molecule has 206 valence electrons. The maximum absolute atomic E-state index is 13.0. The van der Waals surface area contributed by atoms with E-state index >= 15 is 0 Å². The molecule has 0 spiro atoms. The van der Waals surface area contributed by atoms with E-state index < -0.39 is 30.4 Å². The second kappa shape index (κ2) is 12.3. The van der Waals surface area contributed by atoms with Crippen molar-refractivity contribution in [2.75, 3.05) is 19.0 Å². The maximum Gasteiger partial charge on any atom is 0.338 e. The van der Waals surface area contributed by atoms with Gasteiger partial charge in [0, 0.05) is 6.42 Å². The van der Waals surface area contributed by atoms with Crippen molar-refractivity contribution in [2.45, 2.75) is 49.7 Å². The fraction of sp³-hybridized carbons (Fsp3) is 0.393. The monoisotopic (exact) mass is 662 g/mol.